The summed E-state index contributed by atoms with van der Waals surface area (Å²) < 4.78 is 13.0. The predicted molar refractivity (Wildman–Crippen MR) is 114 cm³/mol. The maximum atomic E-state index is 13.0. The van der Waals surface area contributed by atoms with Gasteiger partial charge >= 0.3 is 0 Å². The third kappa shape index (κ3) is 3.98. The molecule has 0 bridgehead atoms. The molecule has 158 valence electrons. The molecule has 5 nitrogen and oxygen atoms in total. The van der Waals surface area contributed by atoms with Crippen LogP contribution in [0.3, 0.4) is 0 Å². The van der Waals surface area contributed by atoms with Gasteiger partial charge in [-0.25, -0.2) is 4.39 Å². The summed E-state index contributed by atoms with van der Waals surface area (Å²) in [6.07, 6.45) is 5.73. The lowest BCUT2D eigenvalue weighted by Gasteiger charge is -2.32. The molecule has 2 saturated heterocycles. The Labute approximate surface area is 177 Å². The molecular formula is C24H29FN4O. The summed E-state index contributed by atoms with van der Waals surface area (Å²) in [5.41, 5.74) is 4.37. The number of hydrogen-bond acceptors (Lipinski definition) is 4. The van der Waals surface area contributed by atoms with Crippen LogP contribution in [0.25, 0.3) is 0 Å². The van der Waals surface area contributed by atoms with Gasteiger partial charge in [0.1, 0.15) is 5.82 Å². The number of nitrogens with one attached hydrogen (secondary N) is 1. The van der Waals surface area contributed by atoms with Crippen molar-refractivity contribution >= 4 is 5.91 Å². The first-order valence-electron chi connectivity index (χ1n) is 11.1. The maximum absolute atomic E-state index is 13.0. The molecule has 1 atom stereocenters. The van der Waals surface area contributed by atoms with Crippen molar-refractivity contribution in [1.82, 2.24) is 20.1 Å². The van der Waals surface area contributed by atoms with Crippen LogP contribution in [0.2, 0.25) is 0 Å². The molecule has 1 aromatic carbocycles. The lowest BCUT2D eigenvalue weighted by molar-refractivity contribution is 0.0674. The van der Waals surface area contributed by atoms with Gasteiger partial charge in [0.05, 0.1) is 11.9 Å². The number of nitrogens with zero attached hydrogens (tertiary/aromatic N) is 3. The molecular weight excluding hydrogens is 379 g/mol. The highest BCUT2D eigenvalue weighted by atomic mass is 19.1. The highest BCUT2D eigenvalue weighted by Gasteiger charge is 2.34. The zero-order valence-electron chi connectivity index (χ0n) is 17.3. The van der Waals surface area contributed by atoms with Crippen LogP contribution in [-0.4, -0.2) is 52.9 Å². The van der Waals surface area contributed by atoms with E-state index in [0.29, 0.717) is 12.0 Å². The molecule has 3 aliphatic heterocycles. The monoisotopic (exact) mass is 408 g/mol. The van der Waals surface area contributed by atoms with Gasteiger partial charge < -0.3 is 10.2 Å². The van der Waals surface area contributed by atoms with Crippen molar-refractivity contribution in [2.24, 2.45) is 0 Å². The van der Waals surface area contributed by atoms with E-state index in [9.17, 15) is 9.18 Å². The van der Waals surface area contributed by atoms with Crippen molar-refractivity contribution in [1.29, 1.82) is 0 Å². The zero-order chi connectivity index (χ0) is 20.5. The van der Waals surface area contributed by atoms with Crippen LogP contribution in [0.1, 0.15) is 58.8 Å². The Kier molecular flexibility index (Phi) is 5.52. The third-order valence-electron chi connectivity index (χ3n) is 6.91. The zero-order valence-corrected chi connectivity index (χ0v) is 17.3. The van der Waals surface area contributed by atoms with E-state index in [1.165, 1.54) is 23.4 Å². The number of pyridine rings is 1. The van der Waals surface area contributed by atoms with Crippen molar-refractivity contribution in [3.63, 3.8) is 0 Å². The summed E-state index contributed by atoms with van der Waals surface area (Å²) in [6, 6.07) is 10.1. The lowest BCUT2D eigenvalue weighted by Crippen LogP contribution is -2.46. The number of carbonyl (C=O) groups excluding carboxylic acids is 1. The van der Waals surface area contributed by atoms with Crippen LogP contribution in [0.4, 0.5) is 4.39 Å². The molecule has 6 heteroatoms. The van der Waals surface area contributed by atoms with E-state index in [-0.39, 0.29) is 11.7 Å². The van der Waals surface area contributed by atoms with Gasteiger partial charge in [-0.15, -0.1) is 0 Å². The molecule has 1 N–H and O–H groups in total. The summed E-state index contributed by atoms with van der Waals surface area (Å²) in [4.78, 5) is 21.5. The largest absolute Gasteiger partial charge is 0.330 e. The Balaban J connectivity index is 1.21. The number of aromatic nitrogens is 1. The van der Waals surface area contributed by atoms with E-state index in [4.69, 9.17) is 0 Å². The molecule has 0 saturated carbocycles. The number of carbonyl (C=O) groups is 1. The molecule has 4 heterocycles. The third-order valence-corrected chi connectivity index (χ3v) is 6.91. The van der Waals surface area contributed by atoms with E-state index in [1.54, 1.807) is 6.07 Å². The van der Waals surface area contributed by atoms with Gasteiger partial charge in [0.2, 0.25) is 0 Å². The summed E-state index contributed by atoms with van der Waals surface area (Å²) in [5, 5.41) is 3.42. The first kappa shape index (κ1) is 19.6. The fourth-order valence-corrected chi connectivity index (χ4v) is 5.16. The standard InChI is InChI=1S/C24H29FN4O/c25-20-4-5-21(27-13-20)16-28-10-7-17(8-11-28)18-3-6-23-19(12-18)15-29(24(23)30)22-2-1-9-26-14-22/h3-6,12-13,17,22,26H,1-2,7-11,14-16H2. The minimum atomic E-state index is -0.286. The van der Waals surface area contributed by atoms with Gasteiger partial charge in [-0.3, -0.25) is 14.7 Å². The van der Waals surface area contributed by atoms with E-state index in [0.717, 1.165) is 76.2 Å². The number of benzene rings is 1. The predicted octanol–water partition coefficient (Wildman–Crippen LogP) is 3.31. The van der Waals surface area contributed by atoms with Crippen LogP contribution in [-0.2, 0) is 13.1 Å². The average molecular weight is 409 g/mol. The fraction of sp³-hybridized carbons (Fsp3) is 0.500. The van der Waals surface area contributed by atoms with Crippen molar-refractivity contribution in [3.8, 4) is 0 Å². The highest BCUT2D eigenvalue weighted by molar-refractivity contribution is 5.98. The molecule has 1 unspecified atom stereocenters. The van der Waals surface area contributed by atoms with Gasteiger partial charge in [0.15, 0.2) is 0 Å². The van der Waals surface area contributed by atoms with Gasteiger partial charge in [0.25, 0.3) is 5.91 Å². The van der Waals surface area contributed by atoms with Crippen LogP contribution in [0, 0.1) is 5.82 Å². The molecule has 0 radical (unpaired) electrons. The van der Waals surface area contributed by atoms with Crippen molar-refractivity contribution in [2.75, 3.05) is 26.2 Å². The number of fused-ring (bicyclic) bond motifs is 1. The van der Waals surface area contributed by atoms with Crippen LogP contribution < -0.4 is 5.32 Å². The second-order valence-electron chi connectivity index (χ2n) is 8.87. The number of hydrogen-bond donors (Lipinski definition) is 1. The van der Waals surface area contributed by atoms with Crippen molar-refractivity contribution in [3.05, 3.63) is 64.7 Å². The fourth-order valence-electron chi connectivity index (χ4n) is 5.16. The smallest absolute Gasteiger partial charge is 0.254 e. The van der Waals surface area contributed by atoms with Crippen molar-refractivity contribution in [2.45, 2.75) is 50.7 Å². The van der Waals surface area contributed by atoms with Gasteiger partial charge in [-0.05, 0) is 80.6 Å². The number of piperidine rings is 2. The Morgan fingerprint density at radius 3 is 2.73 bits per heavy atom. The highest BCUT2D eigenvalue weighted by Crippen LogP contribution is 2.33. The molecule has 3 aliphatic rings. The second kappa shape index (κ2) is 8.44. The maximum Gasteiger partial charge on any atom is 0.254 e. The summed E-state index contributed by atoms with van der Waals surface area (Å²) in [6.45, 7) is 5.53. The molecule has 1 amide bonds. The first-order chi connectivity index (χ1) is 14.7. The quantitative estimate of drug-likeness (QED) is 0.843. The Morgan fingerprint density at radius 2 is 2.00 bits per heavy atom. The molecule has 0 spiro atoms. The van der Waals surface area contributed by atoms with Crippen LogP contribution in [0.15, 0.2) is 36.5 Å². The topological polar surface area (TPSA) is 48.5 Å². The first-order valence-corrected chi connectivity index (χ1v) is 11.1. The van der Waals surface area contributed by atoms with Gasteiger partial charge in [-0.2, -0.15) is 0 Å². The van der Waals surface area contributed by atoms with E-state index < -0.39 is 0 Å². The summed E-state index contributed by atoms with van der Waals surface area (Å²) in [5.74, 6) is 0.450. The summed E-state index contributed by atoms with van der Waals surface area (Å²) >= 11 is 0. The Hall–Kier alpha value is -2.31. The molecule has 1 aromatic heterocycles. The Morgan fingerprint density at radius 1 is 1.13 bits per heavy atom. The van der Waals surface area contributed by atoms with E-state index in [1.807, 2.05) is 0 Å². The number of likely N-dealkylation sites (tertiary alicyclic amines) is 1. The molecule has 0 aliphatic carbocycles. The normalized spacial score (nSPS) is 23.0. The van der Waals surface area contributed by atoms with E-state index >= 15 is 0 Å². The lowest BCUT2D eigenvalue weighted by atomic mass is 9.88. The van der Waals surface area contributed by atoms with Crippen molar-refractivity contribution < 1.29 is 9.18 Å². The van der Waals surface area contributed by atoms with Crippen LogP contribution in [0.5, 0.6) is 0 Å². The molecule has 2 aromatic rings. The van der Waals surface area contributed by atoms with Gasteiger partial charge in [-0.1, -0.05) is 12.1 Å². The van der Waals surface area contributed by atoms with Crippen LogP contribution >= 0.6 is 0 Å². The second-order valence-corrected chi connectivity index (χ2v) is 8.87. The molecule has 30 heavy (non-hydrogen) atoms. The molecule has 5 rings (SSSR count). The Bertz CT molecular complexity index is 902. The molecule has 2 fully saturated rings. The average Bonchev–Trinajstić information content (AvgIpc) is 3.12. The minimum absolute atomic E-state index is 0.201. The van der Waals surface area contributed by atoms with E-state index in [2.05, 4.69) is 38.3 Å². The SMILES string of the molecule is O=C1c2ccc(C3CCN(Cc4ccc(F)cn4)CC3)cc2CN1C1CCCNC1. The number of amides is 1. The number of halogens is 1. The minimum Gasteiger partial charge on any atom is -0.330 e. The van der Waals surface area contributed by atoms with Gasteiger partial charge in [0, 0.05) is 31.2 Å². The number of rotatable bonds is 4. The summed E-state index contributed by atoms with van der Waals surface area (Å²) in [7, 11) is 0.